The van der Waals surface area contributed by atoms with Gasteiger partial charge in [0.2, 0.25) is 0 Å². The Balaban J connectivity index is 3.15. The summed E-state index contributed by atoms with van der Waals surface area (Å²) in [6.45, 7) is 17.3. The maximum atomic E-state index is 12.1. The van der Waals surface area contributed by atoms with Crippen molar-refractivity contribution in [2.24, 2.45) is 10.8 Å². The van der Waals surface area contributed by atoms with E-state index in [-0.39, 0.29) is 16.9 Å². The number of ether oxygens (including phenoxy) is 1. The van der Waals surface area contributed by atoms with Crippen LogP contribution in [0.1, 0.15) is 61.3 Å². The van der Waals surface area contributed by atoms with E-state index in [1.165, 1.54) is 11.1 Å². The number of unbranched alkanes of at least 4 members (excludes halogenated alkanes) is 1. The van der Waals surface area contributed by atoms with Gasteiger partial charge in [-0.2, -0.15) is 0 Å². The largest absolute Gasteiger partial charge is 0.445 e. The lowest BCUT2D eigenvalue weighted by Gasteiger charge is -2.32. The first kappa shape index (κ1) is 17.1. The van der Waals surface area contributed by atoms with Crippen molar-refractivity contribution in [1.29, 1.82) is 0 Å². The van der Waals surface area contributed by atoms with Gasteiger partial charge in [-0.3, -0.25) is 0 Å². The van der Waals surface area contributed by atoms with E-state index in [1.807, 2.05) is 4.90 Å². The third-order valence-electron chi connectivity index (χ3n) is 3.90. The second-order valence-electron chi connectivity index (χ2n) is 7.79. The molecule has 0 N–H and O–H groups in total. The van der Waals surface area contributed by atoms with Crippen LogP contribution in [0.5, 0.6) is 0 Å². The molecule has 0 saturated heterocycles. The zero-order chi connectivity index (χ0) is 15.6. The minimum absolute atomic E-state index is 0.0314. The minimum atomic E-state index is -0.167. The second kappa shape index (κ2) is 6.19. The summed E-state index contributed by atoms with van der Waals surface area (Å²) < 4.78 is 5.51. The Morgan fingerprint density at radius 1 is 1.05 bits per heavy atom. The lowest BCUT2D eigenvalue weighted by molar-refractivity contribution is 0.115. The quantitative estimate of drug-likeness (QED) is 0.706. The molecule has 0 radical (unpaired) electrons. The third kappa shape index (κ3) is 4.26. The summed E-state index contributed by atoms with van der Waals surface area (Å²) in [5.41, 5.74) is 2.72. The van der Waals surface area contributed by atoms with Gasteiger partial charge in [0.05, 0.1) is 0 Å². The molecule has 0 aliphatic carbocycles. The number of rotatable bonds is 3. The highest BCUT2D eigenvalue weighted by Crippen LogP contribution is 2.38. The van der Waals surface area contributed by atoms with Crippen LogP contribution in [0.25, 0.3) is 0 Å². The zero-order valence-electron chi connectivity index (χ0n) is 14.3. The molecule has 0 spiro atoms. The van der Waals surface area contributed by atoms with Gasteiger partial charge in [-0.25, -0.2) is 4.79 Å². The van der Waals surface area contributed by atoms with Gasteiger partial charge in [-0.05, 0) is 28.4 Å². The molecule has 0 aromatic heterocycles. The molecule has 0 atom stereocenters. The van der Waals surface area contributed by atoms with Gasteiger partial charge in [0.1, 0.15) is 6.61 Å². The summed E-state index contributed by atoms with van der Waals surface area (Å²) >= 11 is 0. The van der Waals surface area contributed by atoms with Crippen LogP contribution in [0.15, 0.2) is 11.1 Å². The molecule has 0 aromatic rings. The van der Waals surface area contributed by atoms with Crippen LogP contribution in [0.3, 0.4) is 0 Å². The molecular formula is C17H31NO2. The monoisotopic (exact) mass is 281 g/mol. The minimum Gasteiger partial charge on any atom is -0.445 e. The van der Waals surface area contributed by atoms with Crippen molar-refractivity contribution in [3.8, 4) is 0 Å². The molecule has 3 nitrogen and oxygen atoms in total. The molecule has 1 aliphatic rings. The van der Waals surface area contributed by atoms with E-state index in [0.29, 0.717) is 13.2 Å². The van der Waals surface area contributed by atoms with Gasteiger partial charge >= 0.3 is 6.09 Å². The molecule has 0 fully saturated rings. The van der Waals surface area contributed by atoms with E-state index in [9.17, 15) is 4.79 Å². The summed E-state index contributed by atoms with van der Waals surface area (Å²) in [4.78, 5) is 14.0. The highest BCUT2D eigenvalue weighted by Gasteiger charge is 2.33. The first-order chi connectivity index (χ1) is 9.07. The molecule has 3 heteroatoms. The van der Waals surface area contributed by atoms with Gasteiger partial charge in [-0.1, -0.05) is 54.9 Å². The van der Waals surface area contributed by atoms with Crippen molar-refractivity contribution in [3.63, 3.8) is 0 Å². The summed E-state index contributed by atoms with van der Waals surface area (Å²) in [6.07, 6.45) is 1.95. The molecule has 1 aliphatic heterocycles. The number of amides is 1. The normalized spacial score (nSPS) is 18.1. The fourth-order valence-corrected chi connectivity index (χ4v) is 2.54. The molecule has 0 saturated carbocycles. The van der Waals surface area contributed by atoms with Crippen LogP contribution in [-0.2, 0) is 4.74 Å². The van der Waals surface area contributed by atoms with Crippen molar-refractivity contribution in [2.45, 2.75) is 61.3 Å². The van der Waals surface area contributed by atoms with Crippen LogP contribution in [-0.4, -0.2) is 30.7 Å². The number of cyclic esters (lactones) is 1. The van der Waals surface area contributed by atoms with Crippen molar-refractivity contribution in [3.05, 3.63) is 11.1 Å². The third-order valence-corrected chi connectivity index (χ3v) is 3.90. The predicted octanol–water partition coefficient (Wildman–Crippen LogP) is 4.63. The number of hydrogen-bond acceptors (Lipinski definition) is 2. The molecule has 1 heterocycles. The van der Waals surface area contributed by atoms with Gasteiger partial charge in [0, 0.05) is 13.1 Å². The van der Waals surface area contributed by atoms with Crippen LogP contribution in [0.2, 0.25) is 0 Å². The topological polar surface area (TPSA) is 29.5 Å². The van der Waals surface area contributed by atoms with Crippen LogP contribution < -0.4 is 0 Å². The Morgan fingerprint density at radius 2 is 1.60 bits per heavy atom. The first-order valence-corrected chi connectivity index (χ1v) is 7.72. The van der Waals surface area contributed by atoms with Gasteiger partial charge < -0.3 is 9.64 Å². The number of carbonyl (C=O) groups is 1. The fourth-order valence-electron chi connectivity index (χ4n) is 2.54. The predicted molar refractivity (Wildman–Crippen MR) is 83.8 cm³/mol. The first-order valence-electron chi connectivity index (χ1n) is 7.72. The molecular weight excluding hydrogens is 250 g/mol. The summed E-state index contributed by atoms with van der Waals surface area (Å²) in [6, 6.07) is 0. The van der Waals surface area contributed by atoms with E-state index in [0.717, 1.165) is 19.4 Å². The Hall–Kier alpha value is -0.990. The van der Waals surface area contributed by atoms with E-state index in [1.54, 1.807) is 0 Å². The van der Waals surface area contributed by atoms with Crippen LogP contribution in [0.4, 0.5) is 4.79 Å². The molecule has 20 heavy (non-hydrogen) atoms. The standard InChI is InChI=1S/C17H31NO2/c1-8-9-10-18-11-13(16(2,3)4)14(17(5,6)7)12-20-15(18)19/h8-12H2,1-7H3. The summed E-state index contributed by atoms with van der Waals surface area (Å²) in [5.74, 6) is 0. The number of carbonyl (C=O) groups excluding carboxylic acids is 1. The maximum Gasteiger partial charge on any atom is 0.410 e. The Bertz CT molecular complexity index is 383. The van der Waals surface area contributed by atoms with E-state index < -0.39 is 0 Å². The molecule has 0 bridgehead atoms. The van der Waals surface area contributed by atoms with Gasteiger partial charge in [0.15, 0.2) is 0 Å². The fraction of sp³-hybridized carbons (Fsp3) is 0.824. The highest BCUT2D eigenvalue weighted by atomic mass is 16.6. The summed E-state index contributed by atoms with van der Waals surface area (Å²) in [7, 11) is 0. The molecule has 0 aromatic carbocycles. The SMILES string of the molecule is CCCCN1CC(C(C)(C)C)=C(C(C)(C)C)COC1=O. The lowest BCUT2D eigenvalue weighted by Crippen LogP contribution is -2.34. The van der Waals surface area contributed by atoms with Crippen molar-refractivity contribution >= 4 is 6.09 Å². The zero-order valence-corrected chi connectivity index (χ0v) is 14.3. The average Bonchev–Trinajstić information content (AvgIpc) is 2.44. The second-order valence-corrected chi connectivity index (χ2v) is 7.79. The molecule has 116 valence electrons. The maximum absolute atomic E-state index is 12.1. The van der Waals surface area contributed by atoms with Gasteiger partial charge in [-0.15, -0.1) is 0 Å². The molecule has 1 rings (SSSR count). The number of nitrogens with zero attached hydrogens (tertiary/aromatic N) is 1. The van der Waals surface area contributed by atoms with E-state index in [2.05, 4.69) is 48.5 Å². The average molecular weight is 281 g/mol. The van der Waals surface area contributed by atoms with Crippen molar-refractivity contribution in [2.75, 3.05) is 19.7 Å². The van der Waals surface area contributed by atoms with Gasteiger partial charge in [0.25, 0.3) is 0 Å². The summed E-state index contributed by atoms with van der Waals surface area (Å²) in [5, 5.41) is 0. The van der Waals surface area contributed by atoms with Crippen LogP contribution >= 0.6 is 0 Å². The molecule has 1 amide bonds. The van der Waals surface area contributed by atoms with Crippen molar-refractivity contribution < 1.29 is 9.53 Å². The lowest BCUT2D eigenvalue weighted by atomic mass is 9.75. The smallest absolute Gasteiger partial charge is 0.410 e. The van der Waals surface area contributed by atoms with E-state index in [4.69, 9.17) is 4.74 Å². The number of hydrogen-bond donors (Lipinski definition) is 0. The van der Waals surface area contributed by atoms with Crippen molar-refractivity contribution in [1.82, 2.24) is 4.90 Å². The Kier molecular flexibility index (Phi) is 5.28. The Morgan fingerprint density at radius 3 is 2.05 bits per heavy atom. The Labute approximate surface area is 124 Å². The molecule has 0 unspecified atom stereocenters. The highest BCUT2D eigenvalue weighted by molar-refractivity contribution is 5.69. The van der Waals surface area contributed by atoms with E-state index >= 15 is 0 Å². The van der Waals surface area contributed by atoms with Crippen LogP contribution in [0, 0.1) is 10.8 Å².